The summed E-state index contributed by atoms with van der Waals surface area (Å²) in [5.41, 5.74) is 9.46. The van der Waals surface area contributed by atoms with Gasteiger partial charge in [-0.2, -0.15) is 0 Å². The number of azide groups is 1. The highest BCUT2D eigenvalue weighted by molar-refractivity contribution is 6.99. The van der Waals surface area contributed by atoms with Crippen LogP contribution in [0.3, 0.4) is 0 Å². The second kappa shape index (κ2) is 20.4. The maximum Gasteiger partial charge on any atom is 0.302 e. The molecule has 0 saturated heterocycles. The van der Waals surface area contributed by atoms with Gasteiger partial charge in [0, 0.05) is 18.4 Å². The van der Waals surface area contributed by atoms with Crippen LogP contribution in [0, 0.1) is 0 Å². The normalized spacial score (nSPS) is 14.0. The zero-order valence-corrected chi connectivity index (χ0v) is 28.9. The van der Waals surface area contributed by atoms with Crippen molar-refractivity contribution < 1.29 is 19.1 Å². The van der Waals surface area contributed by atoms with Crippen LogP contribution in [0.25, 0.3) is 10.4 Å². The smallest absolute Gasteiger partial charge is 0.302 e. The van der Waals surface area contributed by atoms with Gasteiger partial charge in [-0.15, -0.1) is 0 Å². The van der Waals surface area contributed by atoms with Gasteiger partial charge in [0.2, 0.25) is 0 Å². The van der Waals surface area contributed by atoms with Crippen molar-refractivity contribution in [3.63, 3.8) is 0 Å². The summed E-state index contributed by atoms with van der Waals surface area (Å²) in [5, 5.41) is 17.4. The number of esters is 1. The monoisotopic (exact) mass is 623 g/mol. The molecule has 7 nitrogen and oxygen atoms in total. The molecule has 0 aliphatic carbocycles. The van der Waals surface area contributed by atoms with Crippen molar-refractivity contribution in [1.82, 2.24) is 0 Å². The number of rotatable bonds is 22. The first kappa shape index (κ1) is 37.5. The zero-order valence-electron chi connectivity index (χ0n) is 27.9. The molecular formula is C36H57N3O4Si. The first-order chi connectivity index (χ1) is 21.2. The third-order valence-corrected chi connectivity index (χ3v) is 13.5. The van der Waals surface area contributed by atoms with E-state index in [1.165, 1.54) is 64.7 Å². The number of unbranched alkanes of at least 4 members (excludes halogenated alkanes) is 11. The Morgan fingerprint density at radius 1 is 0.841 bits per heavy atom. The molecule has 0 aliphatic rings. The second-order valence-electron chi connectivity index (χ2n) is 13.1. The number of nitrogens with zero attached hydrogens (tertiary/aromatic N) is 3. The zero-order chi connectivity index (χ0) is 32.3. The van der Waals surface area contributed by atoms with E-state index in [1.807, 2.05) is 36.4 Å². The van der Waals surface area contributed by atoms with Crippen molar-refractivity contribution in [3.05, 3.63) is 71.1 Å². The third-order valence-electron chi connectivity index (χ3n) is 8.52. The average molecular weight is 624 g/mol. The van der Waals surface area contributed by atoms with E-state index in [4.69, 9.17) is 9.16 Å². The van der Waals surface area contributed by atoms with E-state index in [2.05, 4.69) is 62.0 Å². The van der Waals surface area contributed by atoms with Gasteiger partial charge in [0.25, 0.3) is 8.32 Å². The first-order valence-corrected chi connectivity index (χ1v) is 18.7. The van der Waals surface area contributed by atoms with Gasteiger partial charge in [0.15, 0.2) is 0 Å². The van der Waals surface area contributed by atoms with Crippen LogP contribution in [0.2, 0.25) is 5.04 Å². The number of benzene rings is 2. The summed E-state index contributed by atoms with van der Waals surface area (Å²) in [6, 6.07) is 19.5. The third kappa shape index (κ3) is 12.0. The van der Waals surface area contributed by atoms with Crippen LogP contribution in [0.15, 0.2) is 65.8 Å². The van der Waals surface area contributed by atoms with Crippen LogP contribution in [0.4, 0.5) is 0 Å². The molecule has 0 amide bonds. The van der Waals surface area contributed by atoms with E-state index in [-0.39, 0.29) is 11.6 Å². The highest BCUT2D eigenvalue weighted by Gasteiger charge is 2.50. The Labute approximate surface area is 267 Å². The Balaban J connectivity index is 2.07. The van der Waals surface area contributed by atoms with Gasteiger partial charge >= 0.3 is 5.97 Å². The van der Waals surface area contributed by atoms with Gasteiger partial charge in [0.05, 0.1) is 6.04 Å². The highest BCUT2D eigenvalue weighted by Crippen LogP contribution is 2.37. The standard InChI is InChI=1S/C36H57N3O4Si/c1-6-7-8-9-10-11-12-13-14-15-16-23-28-34(43-30(2)40)35(41)33(38-39-37)29-42-44(36(3,4)5,31-24-19-17-20-25-31)32-26-21-18-22-27-32/h17-22,24-27,33-35,41H,6-16,23,28-29H2,1-5H3/t33-,34-,35-/m0/s1. The Morgan fingerprint density at radius 3 is 1.70 bits per heavy atom. The quantitative estimate of drug-likeness (QED) is 0.0354. The van der Waals surface area contributed by atoms with E-state index in [9.17, 15) is 15.4 Å². The SMILES string of the molecule is CCCCCCCCCCCCCC[C@H](OC(C)=O)[C@@H](O)[C@H](CO[Si](c1ccccc1)(c1ccccc1)C(C)(C)C)N=[N+]=[N-]. The van der Waals surface area contributed by atoms with E-state index in [0.29, 0.717) is 6.42 Å². The molecule has 8 heteroatoms. The lowest BCUT2D eigenvalue weighted by atomic mass is 9.99. The Bertz CT molecular complexity index is 1060. The maximum atomic E-state index is 12.0. The minimum absolute atomic E-state index is 0.00865. The number of hydrogen-bond acceptors (Lipinski definition) is 5. The fourth-order valence-electron chi connectivity index (χ4n) is 6.19. The van der Waals surface area contributed by atoms with Crippen molar-refractivity contribution in [2.75, 3.05) is 6.61 Å². The lowest BCUT2D eigenvalue weighted by Crippen LogP contribution is -2.67. The van der Waals surface area contributed by atoms with Crippen LogP contribution in [-0.2, 0) is 14.0 Å². The molecule has 0 spiro atoms. The minimum atomic E-state index is -2.91. The summed E-state index contributed by atoms with van der Waals surface area (Å²) in [6.45, 7) is 10.1. The molecule has 1 N–H and O–H groups in total. The lowest BCUT2D eigenvalue weighted by molar-refractivity contribution is -0.154. The van der Waals surface area contributed by atoms with Crippen LogP contribution >= 0.6 is 0 Å². The van der Waals surface area contributed by atoms with Crippen LogP contribution < -0.4 is 10.4 Å². The van der Waals surface area contributed by atoms with Crippen molar-refractivity contribution in [1.29, 1.82) is 0 Å². The first-order valence-electron chi connectivity index (χ1n) is 16.8. The number of ether oxygens (including phenoxy) is 1. The van der Waals surface area contributed by atoms with E-state index >= 15 is 0 Å². The molecule has 244 valence electrons. The summed E-state index contributed by atoms with van der Waals surface area (Å²) in [6.07, 6.45) is 13.3. The molecule has 2 aromatic rings. The molecule has 0 bridgehead atoms. The van der Waals surface area contributed by atoms with Crippen molar-refractivity contribution in [2.45, 2.75) is 141 Å². The average Bonchev–Trinajstić information content (AvgIpc) is 3.00. The van der Waals surface area contributed by atoms with Gasteiger partial charge in [-0.05, 0) is 33.8 Å². The number of aliphatic hydroxyl groups excluding tert-OH is 1. The molecule has 0 aromatic heterocycles. The van der Waals surface area contributed by atoms with E-state index in [0.717, 1.165) is 29.6 Å². The summed E-state index contributed by atoms with van der Waals surface area (Å²) in [7, 11) is -2.91. The number of carbonyl (C=O) groups is 1. The number of aliphatic hydroxyl groups is 1. The van der Waals surface area contributed by atoms with Crippen molar-refractivity contribution >= 4 is 24.7 Å². The summed E-state index contributed by atoms with van der Waals surface area (Å²) < 4.78 is 12.5. The fraction of sp³-hybridized carbons (Fsp3) is 0.639. The van der Waals surface area contributed by atoms with Gasteiger partial charge in [-0.25, -0.2) is 0 Å². The molecule has 0 aliphatic heterocycles. The summed E-state index contributed by atoms with van der Waals surface area (Å²) in [5.74, 6) is -0.458. The van der Waals surface area contributed by atoms with Crippen LogP contribution in [-0.4, -0.2) is 44.2 Å². The molecule has 3 atom stereocenters. The maximum absolute atomic E-state index is 12.0. The Morgan fingerprint density at radius 2 is 1.30 bits per heavy atom. The molecule has 0 radical (unpaired) electrons. The van der Waals surface area contributed by atoms with E-state index < -0.39 is 32.5 Å². The minimum Gasteiger partial charge on any atom is -0.460 e. The van der Waals surface area contributed by atoms with Crippen molar-refractivity contribution in [2.24, 2.45) is 5.11 Å². The second-order valence-corrected chi connectivity index (χ2v) is 17.4. The molecule has 0 fully saturated rings. The van der Waals surface area contributed by atoms with E-state index in [1.54, 1.807) is 0 Å². The Hall–Kier alpha value is -2.64. The Kier molecular flexibility index (Phi) is 17.4. The van der Waals surface area contributed by atoms with Gasteiger partial charge < -0.3 is 14.3 Å². The largest absolute Gasteiger partial charge is 0.460 e. The molecule has 2 rings (SSSR count). The van der Waals surface area contributed by atoms with Gasteiger partial charge in [0.1, 0.15) is 12.2 Å². The topological polar surface area (TPSA) is 105 Å². The van der Waals surface area contributed by atoms with Crippen molar-refractivity contribution in [3.8, 4) is 0 Å². The number of carbonyl (C=O) groups excluding carboxylic acids is 1. The molecule has 0 heterocycles. The predicted octanol–water partition coefficient (Wildman–Crippen LogP) is 8.63. The van der Waals surface area contributed by atoms with Gasteiger partial charge in [-0.3, -0.25) is 4.79 Å². The summed E-state index contributed by atoms with van der Waals surface area (Å²) >= 11 is 0. The fourth-order valence-corrected chi connectivity index (χ4v) is 10.8. The number of hydrogen-bond donors (Lipinski definition) is 1. The molecule has 44 heavy (non-hydrogen) atoms. The highest BCUT2D eigenvalue weighted by atomic mass is 28.4. The summed E-state index contributed by atoms with van der Waals surface area (Å²) in [4.78, 5) is 15.1. The van der Waals surface area contributed by atoms with Gasteiger partial charge in [-0.1, -0.05) is 164 Å². The predicted molar refractivity (Wildman–Crippen MR) is 184 cm³/mol. The lowest BCUT2D eigenvalue weighted by Gasteiger charge is -2.44. The van der Waals surface area contributed by atoms with Crippen LogP contribution in [0.1, 0.15) is 118 Å². The molecule has 2 aromatic carbocycles. The molecule has 0 saturated carbocycles. The molecular weight excluding hydrogens is 566 g/mol. The van der Waals surface area contributed by atoms with Crippen LogP contribution in [0.5, 0.6) is 0 Å². The molecule has 0 unspecified atom stereocenters.